The quantitative estimate of drug-likeness (QED) is 0.167. The molecule has 5 amide bonds. The largest absolute Gasteiger partial charge is 0.483 e. The molecule has 184 valence electrons. The number of hydrogen-bond acceptors (Lipinski definition) is 8. The van der Waals surface area contributed by atoms with E-state index < -0.39 is 36.3 Å². The van der Waals surface area contributed by atoms with Crippen LogP contribution >= 0.6 is 0 Å². The molecule has 0 radical (unpaired) electrons. The first-order valence-electron chi connectivity index (χ1n) is 10.7. The molecule has 0 aliphatic carbocycles. The molecule has 1 aromatic rings. The number of imide groups is 1. The van der Waals surface area contributed by atoms with Gasteiger partial charge in [-0.15, -0.1) is 0 Å². The summed E-state index contributed by atoms with van der Waals surface area (Å²) in [5.74, 6) is -3.03. The third-order valence-electron chi connectivity index (χ3n) is 4.99. The molecule has 0 aromatic heterocycles. The lowest BCUT2D eigenvalue weighted by molar-refractivity contribution is -0.125. The Morgan fingerprint density at radius 2 is 1.71 bits per heavy atom. The molecule has 2 rings (SSSR count). The number of nitrogens with one attached hydrogen (secondary N) is 2. The maximum absolute atomic E-state index is 12.9. The molecule has 1 atom stereocenters. The summed E-state index contributed by atoms with van der Waals surface area (Å²) in [7, 11) is 1.43. The Balaban J connectivity index is 1.91. The van der Waals surface area contributed by atoms with Crippen molar-refractivity contribution in [2.75, 3.05) is 33.4 Å². The van der Waals surface area contributed by atoms with Crippen LogP contribution in [0.3, 0.4) is 0 Å². The highest BCUT2D eigenvalue weighted by Crippen LogP contribution is 2.32. The number of nitrogens with two attached hydrogens (primary N) is 1. The molecule has 1 unspecified atom stereocenters. The maximum Gasteiger partial charge on any atom is 0.266 e. The highest BCUT2D eigenvalue weighted by Gasteiger charge is 2.43. The van der Waals surface area contributed by atoms with Crippen molar-refractivity contribution in [3.05, 3.63) is 29.3 Å². The first kappa shape index (κ1) is 26.5. The molecule has 0 saturated carbocycles. The molecule has 1 aromatic carbocycles. The number of methoxy groups -OCH3 is 1. The van der Waals surface area contributed by atoms with Crippen LogP contribution in [0, 0.1) is 0 Å². The fourth-order valence-electron chi connectivity index (χ4n) is 3.38. The van der Waals surface area contributed by atoms with Crippen molar-refractivity contribution >= 4 is 35.8 Å². The molecule has 1 aliphatic rings. The second kappa shape index (κ2) is 13.0. The van der Waals surface area contributed by atoms with Gasteiger partial charge in [0.05, 0.1) is 11.1 Å². The molecular weight excluding hydrogens is 448 g/mol. The van der Waals surface area contributed by atoms with Gasteiger partial charge in [0.25, 0.3) is 17.7 Å². The number of fused-ring (bicyclic) bond motifs is 1. The molecule has 1 aliphatic heterocycles. The standard InChI is InChI=1S/C22H28N4O8/c1-33-12-17(28)24-9-2-3-10-25-18(29)13-34-16-8-4-6-14-19(16)22(32)26(21(14)31)15(20(23)30)7-5-11-27/h4,6,8,11,15H,2-3,5,7,9-10,12-13H2,1H3,(H2,23,30)(H,24,28)(H,25,29). The number of amides is 5. The Labute approximate surface area is 196 Å². The molecule has 0 saturated heterocycles. The van der Waals surface area contributed by atoms with Gasteiger partial charge in [-0.25, -0.2) is 0 Å². The molecule has 4 N–H and O–H groups in total. The van der Waals surface area contributed by atoms with E-state index in [1.165, 1.54) is 25.3 Å². The SMILES string of the molecule is COCC(=O)NCCCCNC(=O)COc1cccc2c1C(=O)N(C(CCC=O)C(N)=O)C2=O. The number of carbonyl (C=O) groups is 6. The summed E-state index contributed by atoms with van der Waals surface area (Å²) in [6.07, 6.45) is 1.71. The Morgan fingerprint density at radius 1 is 1.06 bits per heavy atom. The Hall–Kier alpha value is -3.80. The lowest BCUT2D eigenvalue weighted by Gasteiger charge is -2.22. The van der Waals surface area contributed by atoms with Crippen molar-refractivity contribution in [1.82, 2.24) is 15.5 Å². The zero-order valence-corrected chi connectivity index (χ0v) is 18.8. The van der Waals surface area contributed by atoms with Crippen molar-refractivity contribution in [3.63, 3.8) is 0 Å². The van der Waals surface area contributed by atoms with Crippen LogP contribution in [0.4, 0.5) is 0 Å². The van der Waals surface area contributed by atoms with Crippen LogP contribution in [-0.4, -0.2) is 80.2 Å². The average molecular weight is 476 g/mol. The number of aldehydes is 1. The van der Waals surface area contributed by atoms with Gasteiger partial charge in [-0.3, -0.25) is 28.9 Å². The Bertz CT molecular complexity index is 949. The second-order valence-electron chi connectivity index (χ2n) is 7.45. The van der Waals surface area contributed by atoms with E-state index in [4.69, 9.17) is 15.2 Å². The minimum atomic E-state index is -1.27. The van der Waals surface area contributed by atoms with Crippen LogP contribution in [0.5, 0.6) is 5.75 Å². The van der Waals surface area contributed by atoms with E-state index in [-0.39, 0.29) is 42.2 Å². The molecule has 0 fully saturated rings. The average Bonchev–Trinajstić information content (AvgIpc) is 3.06. The summed E-state index contributed by atoms with van der Waals surface area (Å²) in [6.45, 7) is 0.409. The van der Waals surface area contributed by atoms with Gasteiger partial charge in [0.2, 0.25) is 11.8 Å². The van der Waals surface area contributed by atoms with E-state index in [0.717, 1.165) is 4.90 Å². The van der Waals surface area contributed by atoms with Crippen LogP contribution in [0.25, 0.3) is 0 Å². The van der Waals surface area contributed by atoms with Crippen molar-refractivity contribution in [1.29, 1.82) is 0 Å². The van der Waals surface area contributed by atoms with Crippen molar-refractivity contribution in [3.8, 4) is 5.75 Å². The van der Waals surface area contributed by atoms with E-state index in [1.54, 1.807) is 0 Å². The summed E-state index contributed by atoms with van der Waals surface area (Å²) < 4.78 is 10.2. The van der Waals surface area contributed by atoms with Crippen molar-refractivity contribution in [2.45, 2.75) is 31.7 Å². The number of benzene rings is 1. The summed E-state index contributed by atoms with van der Waals surface area (Å²) in [6, 6.07) is 3.07. The first-order valence-corrected chi connectivity index (χ1v) is 10.7. The van der Waals surface area contributed by atoms with Crippen LogP contribution in [0.1, 0.15) is 46.4 Å². The van der Waals surface area contributed by atoms with Gasteiger partial charge in [0.1, 0.15) is 24.7 Å². The monoisotopic (exact) mass is 476 g/mol. The molecule has 12 nitrogen and oxygen atoms in total. The van der Waals surface area contributed by atoms with Gasteiger partial charge in [-0.05, 0) is 31.4 Å². The minimum absolute atomic E-state index is 0.00888. The lowest BCUT2D eigenvalue weighted by atomic mass is 10.1. The predicted molar refractivity (Wildman–Crippen MR) is 118 cm³/mol. The normalized spacial score (nSPS) is 13.3. The van der Waals surface area contributed by atoms with Crippen molar-refractivity contribution < 1.29 is 38.2 Å². The highest BCUT2D eigenvalue weighted by atomic mass is 16.5. The smallest absolute Gasteiger partial charge is 0.266 e. The number of ether oxygens (including phenoxy) is 2. The van der Waals surface area contributed by atoms with Gasteiger partial charge >= 0.3 is 0 Å². The third kappa shape index (κ3) is 6.85. The molecule has 34 heavy (non-hydrogen) atoms. The van der Waals surface area contributed by atoms with E-state index in [0.29, 0.717) is 32.2 Å². The van der Waals surface area contributed by atoms with Gasteiger partial charge in [0.15, 0.2) is 6.61 Å². The lowest BCUT2D eigenvalue weighted by Crippen LogP contribution is -2.47. The van der Waals surface area contributed by atoms with E-state index in [1.807, 2.05) is 0 Å². The number of unbranched alkanes of at least 4 members (excludes halogenated alkanes) is 1. The molecule has 12 heteroatoms. The number of hydrogen-bond donors (Lipinski definition) is 3. The van der Waals surface area contributed by atoms with Crippen LogP contribution in [0.15, 0.2) is 18.2 Å². The molecule has 1 heterocycles. The first-order chi connectivity index (χ1) is 16.3. The maximum atomic E-state index is 12.9. The van der Waals surface area contributed by atoms with Gasteiger partial charge in [-0.1, -0.05) is 6.07 Å². The van der Waals surface area contributed by atoms with Crippen LogP contribution in [-0.2, 0) is 23.9 Å². The van der Waals surface area contributed by atoms with E-state index >= 15 is 0 Å². The summed E-state index contributed by atoms with van der Waals surface area (Å²) in [4.78, 5) is 72.3. The summed E-state index contributed by atoms with van der Waals surface area (Å²) in [5.41, 5.74) is 5.31. The summed E-state index contributed by atoms with van der Waals surface area (Å²) in [5, 5.41) is 5.33. The highest BCUT2D eigenvalue weighted by molar-refractivity contribution is 6.24. The van der Waals surface area contributed by atoms with Crippen LogP contribution < -0.4 is 21.1 Å². The minimum Gasteiger partial charge on any atom is -0.483 e. The number of nitrogens with zero attached hydrogens (tertiary/aromatic N) is 1. The molecule has 0 spiro atoms. The Morgan fingerprint density at radius 3 is 2.29 bits per heavy atom. The van der Waals surface area contributed by atoms with Gasteiger partial charge in [-0.2, -0.15) is 0 Å². The molecular formula is C22H28N4O8. The fourth-order valence-corrected chi connectivity index (χ4v) is 3.38. The molecule has 0 bridgehead atoms. The van der Waals surface area contributed by atoms with Crippen LogP contribution in [0.2, 0.25) is 0 Å². The number of rotatable bonds is 15. The summed E-state index contributed by atoms with van der Waals surface area (Å²) >= 11 is 0. The second-order valence-corrected chi connectivity index (χ2v) is 7.45. The van der Waals surface area contributed by atoms with E-state index in [2.05, 4.69) is 10.6 Å². The number of carbonyl (C=O) groups excluding carboxylic acids is 6. The Kier molecular flexibility index (Phi) is 10.1. The zero-order chi connectivity index (χ0) is 25.1. The predicted octanol–water partition coefficient (Wildman–Crippen LogP) is -0.847. The van der Waals surface area contributed by atoms with Crippen molar-refractivity contribution in [2.24, 2.45) is 5.73 Å². The third-order valence-corrected chi connectivity index (χ3v) is 4.99. The fraction of sp³-hybridized carbons (Fsp3) is 0.455. The van der Waals surface area contributed by atoms with E-state index in [9.17, 15) is 28.8 Å². The number of primary amides is 1. The zero-order valence-electron chi connectivity index (χ0n) is 18.8. The van der Waals surface area contributed by atoms with Gasteiger partial charge < -0.3 is 30.6 Å². The topological polar surface area (TPSA) is 174 Å². The van der Waals surface area contributed by atoms with Gasteiger partial charge in [0, 0.05) is 26.6 Å².